The van der Waals surface area contributed by atoms with Crippen molar-refractivity contribution in [2.45, 2.75) is 205 Å². The molecule has 0 N–H and O–H groups in total. The van der Waals surface area contributed by atoms with Crippen LogP contribution in [0.2, 0.25) is 0 Å². The molecule has 66 heavy (non-hydrogen) atoms. The Balaban J connectivity index is -0.0000000573. The fraction of sp³-hybridized carbons (Fsp3) is 1.00. The third-order valence-electron chi connectivity index (χ3n) is 14.1. The maximum absolute atomic E-state index is 5.33. The van der Waals surface area contributed by atoms with Crippen LogP contribution in [0.4, 0.5) is 0 Å². The number of likely N-dealkylation sites (tertiary alicyclic amines) is 3. The van der Waals surface area contributed by atoms with E-state index in [0.717, 1.165) is 76.3 Å². The van der Waals surface area contributed by atoms with Crippen LogP contribution in [0.25, 0.3) is 0 Å². The summed E-state index contributed by atoms with van der Waals surface area (Å²) < 4.78 is 111. The first-order valence-electron chi connectivity index (χ1n) is 37.1. The van der Waals surface area contributed by atoms with Crippen molar-refractivity contribution >= 4 is 0 Å². The van der Waals surface area contributed by atoms with Crippen LogP contribution in [0.3, 0.4) is 0 Å². The van der Waals surface area contributed by atoms with Crippen molar-refractivity contribution in [2.24, 2.45) is 0 Å². The van der Waals surface area contributed by atoms with Crippen molar-refractivity contribution in [3.63, 3.8) is 0 Å². The summed E-state index contributed by atoms with van der Waals surface area (Å²) in [7, 11) is 4.40. The third-order valence-corrected chi connectivity index (χ3v) is 14.1. The molecular weight excluding hydrogens is 819 g/mol. The van der Waals surface area contributed by atoms with Gasteiger partial charge in [0.15, 0.2) is 0 Å². The van der Waals surface area contributed by atoms with Gasteiger partial charge in [-0.2, -0.15) is 0 Å². The van der Waals surface area contributed by atoms with Crippen molar-refractivity contribution in [1.29, 1.82) is 0 Å². The fourth-order valence-corrected chi connectivity index (χ4v) is 8.85. The molecule has 7 aliphatic rings. The Kier molecular flexibility index (Phi) is 31.5. The molecule has 0 aromatic heterocycles. The number of nitrogens with zero attached hydrogens (tertiary/aromatic N) is 9. The van der Waals surface area contributed by atoms with Crippen LogP contribution < -0.4 is 0 Å². The van der Waals surface area contributed by atoms with Crippen LogP contribution in [0.15, 0.2) is 0 Å². The van der Waals surface area contributed by atoms with Gasteiger partial charge in [-0.25, -0.2) is 0 Å². The van der Waals surface area contributed by atoms with Gasteiger partial charge in [0.25, 0.3) is 0 Å². The molecule has 7 rings (SSSR count). The smallest absolute Gasteiger partial charge is 0.0594 e. The fourth-order valence-electron chi connectivity index (χ4n) is 8.85. The lowest BCUT2D eigenvalue weighted by Gasteiger charge is -2.34. The highest BCUT2D eigenvalue weighted by molar-refractivity contribution is 4.74. The van der Waals surface area contributed by atoms with Gasteiger partial charge in [0.1, 0.15) is 0 Å². The van der Waals surface area contributed by atoms with Gasteiger partial charge in [-0.15, -0.1) is 0 Å². The number of morpholine rings is 1. The maximum Gasteiger partial charge on any atom is 0.0594 e. The summed E-state index contributed by atoms with van der Waals surface area (Å²) >= 11 is 0. The number of rotatable bonds is 7. The quantitative estimate of drug-likeness (QED) is 0.245. The number of piperazine rings is 1. The summed E-state index contributed by atoms with van der Waals surface area (Å²) in [5.41, 5.74) is 0. The van der Waals surface area contributed by atoms with Crippen molar-refractivity contribution in [2.75, 3.05) is 158 Å². The zero-order chi connectivity index (χ0) is 67.9. The Hall–Kier alpha value is -0.440. The number of likely N-dealkylation sites (N-methyl/N-ethyl adjacent to an activating group) is 2. The van der Waals surface area contributed by atoms with Crippen molar-refractivity contribution in [3.05, 3.63) is 0 Å². The third kappa shape index (κ3) is 33.2. The average Bonchev–Trinajstić information content (AvgIpc) is 3.81. The van der Waals surface area contributed by atoms with Gasteiger partial charge in [0.2, 0.25) is 0 Å². The van der Waals surface area contributed by atoms with Crippen LogP contribution in [-0.2, 0) is 9.47 Å². The summed E-state index contributed by atoms with van der Waals surface area (Å²) in [5.74, 6) is 0. The molecule has 0 radical (unpaired) electrons. The van der Waals surface area contributed by atoms with Gasteiger partial charge in [0.05, 0.1) is 19.8 Å². The average molecular weight is 989 g/mol. The summed E-state index contributed by atoms with van der Waals surface area (Å²) in [6.07, 6.45) is 11.0. The van der Waals surface area contributed by atoms with E-state index in [1.54, 1.807) is 0 Å². The van der Waals surface area contributed by atoms with E-state index in [9.17, 15) is 0 Å². The molecule has 0 saturated carbocycles. The Labute approximate surface area is 449 Å². The molecule has 0 aromatic rings. The van der Waals surface area contributed by atoms with E-state index < -0.39 is 0 Å². The predicted octanol–water partition coefficient (Wildman–Crippen LogP) is 12.2. The predicted molar refractivity (Wildman–Crippen MR) is 319 cm³/mol. The minimum absolute atomic E-state index is 0. The van der Waals surface area contributed by atoms with E-state index in [1.807, 2.05) is 0 Å². The molecule has 0 aliphatic carbocycles. The highest BCUT2D eigenvalue weighted by Crippen LogP contribution is 2.12. The van der Waals surface area contributed by atoms with E-state index in [1.165, 1.54) is 150 Å². The Morgan fingerprint density at radius 3 is 0.818 bits per heavy atom. The number of hydrogen-bond acceptors (Lipinski definition) is 11. The van der Waals surface area contributed by atoms with Gasteiger partial charge < -0.3 is 34.0 Å². The highest BCUT2D eigenvalue weighted by atomic mass is 16.5. The molecule has 0 amide bonds. The first-order chi connectivity index (χ1) is 40.4. The minimum Gasteiger partial charge on any atom is -0.380 e. The molecule has 0 spiro atoms. The van der Waals surface area contributed by atoms with Crippen molar-refractivity contribution < 1.29 is 42.0 Å². The first-order valence-corrected chi connectivity index (χ1v) is 27.1. The monoisotopic (exact) mass is 988 g/mol. The lowest BCUT2D eigenvalue weighted by molar-refractivity contribution is 0.0238. The second-order valence-corrected chi connectivity index (χ2v) is 21.6. The van der Waals surface area contributed by atoms with Crippen LogP contribution in [-0.4, -0.2) is 245 Å². The highest BCUT2D eigenvalue weighted by Gasteiger charge is 2.18. The molecule has 11 nitrogen and oxygen atoms in total. The van der Waals surface area contributed by atoms with E-state index in [0.29, 0.717) is 12.1 Å². The van der Waals surface area contributed by atoms with Crippen LogP contribution in [0.1, 0.15) is 196 Å². The van der Waals surface area contributed by atoms with Gasteiger partial charge in [0, 0.05) is 147 Å². The first kappa shape index (κ1) is 50.5. The molecule has 424 valence electrons. The molecule has 0 aromatic carbocycles. The van der Waals surface area contributed by atoms with Crippen molar-refractivity contribution in [3.8, 4) is 0 Å². The molecule has 0 bridgehead atoms. The Morgan fingerprint density at radius 1 is 0.258 bits per heavy atom. The van der Waals surface area contributed by atoms with Gasteiger partial charge in [-0.05, 0) is 208 Å². The van der Waals surface area contributed by atoms with E-state index in [4.69, 9.17) is 39.2 Å². The summed E-state index contributed by atoms with van der Waals surface area (Å²) in [6, 6.07) is 5.15. The maximum atomic E-state index is 5.33. The summed E-state index contributed by atoms with van der Waals surface area (Å²) in [4.78, 5) is 22.4. The minimum atomic E-state index is 0. The zero-order valence-corrected chi connectivity index (χ0v) is 46.1. The largest absolute Gasteiger partial charge is 0.380 e. The number of ether oxygens (including phenoxy) is 2. The second-order valence-electron chi connectivity index (χ2n) is 21.6. The number of hydrogen-bond donors (Lipinski definition) is 0. The van der Waals surface area contributed by atoms with Crippen LogP contribution in [0, 0.1) is 0 Å². The summed E-state index contributed by atoms with van der Waals surface area (Å²) in [5, 5.41) is 0. The Bertz CT molecular complexity index is 1060. The van der Waals surface area contributed by atoms with Gasteiger partial charge >= 0.3 is 0 Å². The number of piperidine rings is 1. The Morgan fingerprint density at radius 2 is 0.485 bits per heavy atom. The summed E-state index contributed by atoms with van der Waals surface area (Å²) in [6.45, 7) is 57.8. The van der Waals surface area contributed by atoms with Crippen LogP contribution >= 0.6 is 0 Å². The molecule has 7 saturated heterocycles. The van der Waals surface area contributed by atoms with Gasteiger partial charge in [-0.3, -0.25) is 19.6 Å². The van der Waals surface area contributed by atoms with Gasteiger partial charge in [-0.1, -0.05) is 21.3 Å². The molecule has 11 heteroatoms. The standard InChI is InChI=1S/C9H20N2.C8H18N2.C8H17NO.C8H17N.C7H15NO.C7H15N.C6H13N.2CH4.12H2/c1-9(2)11-6-4-5-10(3)7-8-11;1-8(2)10-6-4-9(3)5-7-10;1-8(2)9-4-3-6-10-7-5-9;1-8(2)9-6-4-3-5-7-9;1-7(2)8-3-5-9-6-4-8;1-7(2)8-5-3-4-6-8;1-6(2)7-4-3-5-7;;;;;;;;;;;;;;/h9H,4-8H2,1-3H3;8H,4-7H2,1-3H3;8H,3-7H2,1-2H3;8H,3-7H2,1-2H3;7H,3-6H2,1-2H3;7H,3-6H2,1-2H3;6H,3-5H2,1-2H3;2*1H4;12*1H/i;;;;;;;;;10*1+1D;2*1+1. The molecule has 0 atom stereocenters. The second kappa shape index (κ2) is 41.2. The van der Waals surface area contributed by atoms with E-state index in [-0.39, 0.29) is 17.7 Å². The molecule has 0 unspecified atom stereocenters. The molecule has 7 heterocycles. The normalized spacial score (nSPS) is 23.8. The van der Waals surface area contributed by atoms with Crippen LogP contribution in [0.5, 0.6) is 0 Å². The topological polar surface area (TPSA) is 47.6 Å². The molecular formula is C55H147N9O2. The van der Waals surface area contributed by atoms with E-state index in [2.05, 4.69) is 155 Å². The SMILES string of the molecule is C.C.CC(C)N1CCC1.CC(C)N1CCCC1.CC(C)N1CCCCC1.CC(C)N1CCCN(C)CC1.CC(C)N1CCCOCC1.CC(C)N1CCN(C)CC1.CC(C)N1CCOCC1.[2HH].[2HH].[2H][2H].[2H][2H].[2H][2H].[2H][2H].[2H][2H].[2H][2H].[2H][2H].[2H][2H].[2H][2H].[2H][2H]. The van der Waals surface area contributed by atoms with Crippen molar-refractivity contribution in [1.82, 2.24) is 44.1 Å². The van der Waals surface area contributed by atoms with E-state index >= 15 is 0 Å². The molecule has 7 fully saturated rings. The lowest BCUT2D eigenvalue weighted by atomic mass is 10.1. The molecule has 7 aliphatic heterocycles. The lowest BCUT2D eigenvalue weighted by Crippen LogP contribution is -2.47. The zero-order valence-electron chi connectivity index (χ0n) is 66.1.